The summed E-state index contributed by atoms with van der Waals surface area (Å²) in [4.78, 5) is 28.0. The maximum absolute atomic E-state index is 12.6. The van der Waals surface area contributed by atoms with Crippen molar-refractivity contribution in [3.63, 3.8) is 0 Å². The summed E-state index contributed by atoms with van der Waals surface area (Å²) in [6.07, 6.45) is 1.47. The number of nitrogens with zero attached hydrogens (tertiary/aromatic N) is 4. The van der Waals surface area contributed by atoms with E-state index >= 15 is 0 Å². The molecular weight excluding hydrogens is 354 g/mol. The maximum Gasteiger partial charge on any atom is 0.223 e. The number of hydrogen-bond donors (Lipinski definition) is 1. The van der Waals surface area contributed by atoms with Crippen LogP contribution in [0, 0.1) is 0 Å². The molecule has 2 amide bonds. The minimum Gasteiger partial charge on any atom is -0.351 e. The molecule has 3 heterocycles. The van der Waals surface area contributed by atoms with Crippen molar-refractivity contribution in [2.75, 3.05) is 13.1 Å². The van der Waals surface area contributed by atoms with Gasteiger partial charge in [0.2, 0.25) is 11.8 Å². The minimum absolute atomic E-state index is 0.0659. The van der Waals surface area contributed by atoms with E-state index in [0.717, 1.165) is 37.4 Å². The van der Waals surface area contributed by atoms with Crippen LogP contribution in [-0.4, -0.2) is 44.5 Å². The number of rotatable bonds is 6. The Bertz CT molecular complexity index is 850. The zero-order valence-electron chi connectivity index (χ0n) is 16.4. The average molecular weight is 381 g/mol. The Balaban J connectivity index is 1.23. The van der Waals surface area contributed by atoms with E-state index in [1.165, 1.54) is 18.1 Å². The van der Waals surface area contributed by atoms with Crippen molar-refractivity contribution in [2.45, 2.75) is 52.5 Å². The van der Waals surface area contributed by atoms with Crippen molar-refractivity contribution in [3.05, 3.63) is 52.8 Å². The predicted molar refractivity (Wildman–Crippen MR) is 105 cm³/mol. The second kappa shape index (κ2) is 8.14. The fourth-order valence-corrected chi connectivity index (χ4v) is 4.01. The Kier molecular flexibility index (Phi) is 5.43. The average Bonchev–Trinajstić information content (AvgIpc) is 3.28. The Morgan fingerprint density at radius 2 is 1.86 bits per heavy atom. The van der Waals surface area contributed by atoms with Crippen molar-refractivity contribution in [1.82, 2.24) is 24.9 Å². The fourth-order valence-electron chi connectivity index (χ4n) is 4.01. The van der Waals surface area contributed by atoms with E-state index in [4.69, 9.17) is 0 Å². The molecule has 148 valence electrons. The summed E-state index contributed by atoms with van der Waals surface area (Å²) in [6.45, 7) is 6.87. The first-order chi connectivity index (χ1) is 13.6. The third kappa shape index (κ3) is 4.25. The molecule has 2 aliphatic heterocycles. The summed E-state index contributed by atoms with van der Waals surface area (Å²) in [5, 5.41) is 7.27. The number of nitrogens with one attached hydrogen (secondary N) is 1. The number of aromatic nitrogens is 2. The Hall–Kier alpha value is -2.67. The molecule has 2 aromatic rings. The van der Waals surface area contributed by atoms with E-state index < -0.39 is 0 Å². The summed E-state index contributed by atoms with van der Waals surface area (Å²) < 4.78 is 1.95. The lowest BCUT2D eigenvalue weighted by Crippen LogP contribution is -2.38. The highest BCUT2D eigenvalue weighted by Gasteiger charge is 2.23. The largest absolute Gasteiger partial charge is 0.351 e. The van der Waals surface area contributed by atoms with Gasteiger partial charge in [-0.2, -0.15) is 5.10 Å². The SMILES string of the molecule is CC(=O)NCc1cc2n(n1)CCN(C(=O)CCCN1Cc3ccccc3C1)C2. The first-order valence-corrected chi connectivity index (χ1v) is 9.95. The molecule has 1 aromatic carbocycles. The zero-order chi connectivity index (χ0) is 19.5. The molecule has 1 aromatic heterocycles. The molecule has 0 bridgehead atoms. The molecule has 0 radical (unpaired) electrons. The van der Waals surface area contributed by atoms with Crippen LogP contribution < -0.4 is 5.32 Å². The molecule has 0 fully saturated rings. The van der Waals surface area contributed by atoms with Crippen molar-refractivity contribution in [3.8, 4) is 0 Å². The molecule has 0 unspecified atom stereocenters. The number of fused-ring (bicyclic) bond motifs is 2. The highest BCUT2D eigenvalue weighted by Crippen LogP contribution is 2.22. The first-order valence-electron chi connectivity index (χ1n) is 9.95. The monoisotopic (exact) mass is 381 g/mol. The van der Waals surface area contributed by atoms with Gasteiger partial charge < -0.3 is 10.2 Å². The highest BCUT2D eigenvalue weighted by molar-refractivity contribution is 5.76. The van der Waals surface area contributed by atoms with Gasteiger partial charge in [0.05, 0.1) is 31.0 Å². The molecule has 1 N–H and O–H groups in total. The van der Waals surface area contributed by atoms with Crippen LogP contribution in [0.15, 0.2) is 30.3 Å². The third-order valence-electron chi connectivity index (χ3n) is 5.49. The lowest BCUT2D eigenvalue weighted by molar-refractivity contribution is -0.132. The molecule has 7 nitrogen and oxygen atoms in total. The Labute approximate surface area is 165 Å². The first kappa shape index (κ1) is 18.7. The molecule has 4 rings (SSSR count). The van der Waals surface area contributed by atoms with Gasteiger partial charge in [0.1, 0.15) is 0 Å². The van der Waals surface area contributed by atoms with Gasteiger partial charge in [-0.1, -0.05) is 24.3 Å². The number of carbonyl (C=O) groups is 2. The van der Waals surface area contributed by atoms with E-state index in [0.29, 0.717) is 32.6 Å². The molecule has 28 heavy (non-hydrogen) atoms. The van der Waals surface area contributed by atoms with Crippen LogP contribution in [0.2, 0.25) is 0 Å². The van der Waals surface area contributed by atoms with Crippen LogP contribution in [0.4, 0.5) is 0 Å². The predicted octanol–water partition coefficient (Wildman–Crippen LogP) is 1.66. The summed E-state index contributed by atoms with van der Waals surface area (Å²) in [6, 6.07) is 10.6. The van der Waals surface area contributed by atoms with Gasteiger partial charge in [-0.15, -0.1) is 0 Å². The molecule has 7 heteroatoms. The van der Waals surface area contributed by atoms with Gasteiger partial charge in [0.15, 0.2) is 0 Å². The molecule has 0 aliphatic carbocycles. The van der Waals surface area contributed by atoms with E-state index in [-0.39, 0.29) is 11.8 Å². The van der Waals surface area contributed by atoms with Crippen molar-refractivity contribution >= 4 is 11.8 Å². The van der Waals surface area contributed by atoms with E-state index in [1.54, 1.807) is 0 Å². The van der Waals surface area contributed by atoms with Gasteiger partial charge >= 0.3 is 0 Å². The fraction of sp³-hybridized carbons (Fsp3) is 0.476. The van der Waals surface area contributed by atoms with E-state index in [1.807, 2.05) is 15.6 Å². The Morgan fingerprint density at radius 1 is 1.11 bits per heavy atom. The van der Waals surface area contributed by atoms with Crippen LogP contribution >= 0.6 is 0 Å². The van der Waals surface area contributed by atoms with Gasteiger partial charge in [0, 0.05) is 33.0 Å². The van der Waals surface area contributed by atoms with Crippen molar-refractivity contribution in [1.29, 1.82) is 0 Å². The summed E-state index contributed by atoms with van der Waals surface area (Å²) in [5.74, 6) is 0.149. The standard InChI is InChI=1S/C21H27N5O2/c1-16(27)22-12-19-11-20-15-25(9-10-26(20)23-19)21(28)7-4-8-24-13-17-5-2-3-6-18(17)14-24/h2-3,5-6,11H,4,7-10,12-15H2,1H3,(H,22,27). The number of amides is 2. The van der Waals surface area contributed by atoms with Gasteiger partial charge in [-0.05, 0) is 30.2 Å². The number of benzene rings is 1. The third-order valence-corrected chi connectivity index (χ3v) is 5.49. The normalized spacial score (nSPS) is 16.0. The second-order valence-corrected chi connectivity index (χ2v) is 7.66. The number of hydrogen-bond acceptors (Lipinski definition) is 4. The van der Waals surface area contributed by atoms with Crippen LogP contribution in [0.3, 0.4) is 0 Å². The quantitative estimate of drug-likeness (QED) is 0.826. The molecule has 0 saturated carbocycles. The van der Waals surface area contributed by atoms with E-state index in [9.17, 15) is 9.59 Å². The number of carbonyl (C=O) groups excluding carboxylic acids is 2. The van der Waals surface area contributed by atoms with Gasteiger partial charge in [-0.3, -0.25) is 19.2 Å². The molecule has 0 saturated heterocycles. The second-order valence-electron chi connectivity index (χ2n) is 7.66. The lowest BCUT2D eigenvalue weighted by Gasteiger charge is -2.28. The topological polar surface area (TPSA) is 70.5 Å². The molecule has 2 aliphatic rings. The van der Waals surface area contributed by atoms with Gasteiger partial charge in [-0.25, -0.2) is 0 Å². The van der Waals surface area contributed by atoms with Crippen molar-refractivity contribution in [2.24, 2.45) is 0 Å². The van der Waals surface area contributed by atoms with Crippen molar-refractivity contribution < 1.29 is 9.59 Å². The highest BCUT2D eigenvalue weighted by atomic mass is 16.2. The summed E-state index contributed by atoms with van der Waals surface area (Å²) in [5.41, 5.74) is 4.70. The van der Waals surface area contributed by atoms with Crippen LogP contribution in [0.25, 0.3) is 0 Å². The summed E-state index contributed by atoms with van der Waals surface area (Å²) in [7, 11) is 0. The lowest BCUT2D eigenvalue weighted by atomic mass is 10.1. The minimum atomic E-state index is -0.0659. The van der Waals surface area contributed by atoms with Gasteiger partial charge in [0.25, 0.3) is 0 Å². The summed E-state index contributed by atoms with van der Waals surface area (Å²) >= 11 is 0. The zero-order valence-corrected chi connectivity index (χ0v) is 16.4. The molecular formula is C21H27N5O2. The molecule has 0 spiro atoms. The smallest absolute Gasteiger partial charge is 0.223 e. The van der Waals surface area contributed by atoms with Crippen LogP contribution in [0.1, 0.15) is 42.3 Å². The van der Waals surface area contributed by atoms with Crippen LogP contribution in [0.5, 0.6) is 0 Å². The maximum atomic E-state index is 12.6. The molecule has 0 atom stereocenters. The Morgan fingerprint density at radius 3 is 2.57 bits per heavy atom. The van der Waals surface area contributed by atoms with E-state index in [2.05, 4.69) is 39.6 Å². The van der Waals surface area contributed by atoms with Crippen LogP contribution in [-0.2, 0) is 42.3 Å².